The van der Waals surface area contributed by atoms with Crippen LogP contribution in [0.1, 0.15) is 11.3 Å². The van der Waals surface area contributed by atoms with E-state index in [2.05, 4.69) is 0 Å². The lowest BCUT2D eigenvalue weighted by Crippen LogP contribution is -1.99. The topological polar surface area (TPSA) is 82.6 Å². The van der Waals surface area contributed by atoms with E-state index in [0.717, 1.165) is 0 Å². The van der Waals surface area contributed by atoms with Crippen LogP contribution in [-0.4, -0.2) is 10.9 Å². The molecule has 6 heteroatoms. The average molecular weight is 273 g/mol. The molecule has 20 heavy (non-hydrogen) atoms. The third kappa shape index (κ3) is 3.81. The van der Waals surface area contributed by atoms with Crippen LogP contribution >= 0.6 is 0 Å². The van der Waals surface area contributed by atoms with Crippen LogP contribution in [0.2, 0.25) is 0 Å². The van der Waals surface area contributed by atoms with E-state index < -0.39 is 10.9 Å². The summed E-state index contributed by atoms with van der Waals surface area (Å²) >= 11 is 0. The number of furan rings is 1. The number of nitrogens with zero attached hydrogens (tertiary/aromatic N) is 1. The van der Waals surface area contributed by atoms with Crippen molar-refractivity contribution in [2.75, 3.05) is 0 Å². The first-order chi connectivity index (χ1) is 9.65. The predicted molar refractivity (Wildman–Crippen MR) is 70.6 cm³/mol. The minimum absolute atomic E-state index is 0.00236. The van der Waals surface area contributed by atoms with E-state index in [1.807, 2.05) is 0 Å². The van der Waals surface area contributed by atoms with Crippen LogP contribution in [0.3, 0.4) is 0 Å². The van der Waals surface area contributed by atoms with Crippen molar-refractivity contribution in [2.24, 2.45) is 0 Å². The molecule has 0 N–H and O–H groups in total. The number of hydrogen-bond donors (Lipinski definition) is 0. The second-order valence-electron chi connectivity index (χ2n) is 3.87. The van der Waals surface area contributed by atoms with Gasteiger partial charge in [0, 0.05) is 18.2 Å². The molecule has 0 saturated heterocycles. The maximum Gasteiger partial charge on any atom is 0.331 e. The van der Waals surface area contributed by atoms with Crippen LogP contribution in [0.4, 0.5) is 5.69 Å². The summed E-state index contributed by atoms with van der Waals surface area (Å²) in [5.74, 6) is 0.0434. The third-order valence-electron chi connectivity index (χ3n) is 2.45. The molecule has 0 amide bonds. The van der Waals surface area contributed by atoms with E-state index in [1.54, 1.807) is 24.3 Å². The van der Waals surface area contributed by atoms with Gasteiger partial charge in [0.1, 0.15) is 12.4 Å². The molecule has 0 saturated carbocycles. The summed E-state index contributed by atoms with van der Waals surface area (Å²) in [6.45, 7) is 0.0659. The van der Waals surface area contributed by atoms with Gasteiger partial charge in [0.2, 0.25) is 0 Å². The van der Waals surface area contributed by atoms with Crippen molar-refractivity contribution in [3.05, 3.63) is 70.2 Å². The predicted octanol–water partition coefficient (Wildman–Crippen LogP) is 2.94. The van der Waals surface area contributed by atoms with Gasteiger partial charge in [-0.05, 0) is 35.9 Å². The van der Waals surface area contributed by atoms with Gasteiger partial charge in [-0.3, -0.25) is 10.1 Å². The number of ether oxygens (including phenoxy) is 1. The minimum atomic E-state index is -0.514. The fraction of sp³-hybridized carbons (Fsp3) is 0.0714. The normalized spacial score (nSPS) is 10.6. The summed E-state index contributed by atoms with van der Waals surface area (Å²) in [5.41, 5.74) is 0.674. The smallest absolute Gasteiger partial charge is 0.331 e. The Morgan fingerprint density at radius 3 is 2.65 bits per heavy atom. The molecule has 0 spiro atoms. The van der Waals surface area contributed by atoms with Crippen molar-refractivity contribution in [3.63, 3.8) is 0 Å². The maximum absolute atomic E-state index is 11.4. The molecule has 0 bridgehead atoms. The summed E-state index contributed by atoms with van der Waals surface area (Å²) in [6.07, 6.45) is 4.27. The molecular weight excluding hydrogens is 262 g/mol. The van der Waals surface area contributed by atoms with Crippen LogP contribution in [0, 0.1) is 10.1 Å². The molecule has 6 nitrogen and oxygen atoms in total. The fourth-order valence-electron chi connectivity index (χ4n) is 1.46. The standard InChI is InChI=1S/C14H11NO5/c16-14(20-10-13-2-1-9-19-13)8-5-11-3-6-12(7-4-11)15(17)18/h1-9H,10H2/b8-5+. The van der Waals surface area contributed by atoms with Gasteiger partial charge in [-0.15, -0.1) is 0 Å². The average Bonchev–Trinajstić information content (AvgIpc) is 2.96. The van der Waals surface area contributed by atoms with E-state index in [9.17, 15) is 14.9 Å². The summed E-state index contributed by atoms with van der Waals surface area (Å²) < 4.78 is 9.96. The maximum atomic E-state index is 11.4. The Hall–Kier alpha value is -2.89. The number of hydrogen-bond acceptors (Lipinski definition) is 5. The molecule has 1 aromatic carbocycles. The highest BCUT2D eigenvalue weighted by atomic mass is 16.6. The number of nitro benzene ring substituents is 1. The summed E-state index contributed by atoms with van der Waals surface area (Å²) in [7, 11) is 0. The molecule has 0 unspecified atom stereocenters. The molecule has 1 heterocycles. The number of carbonyl (C=O) groups excluding carboxylic acids is 1. The molecular formula is C14H11NO5. The number of nitro groups is 1. The van der Waals surface area contributed by atoms with Crippen molar-refractivity contribution in [3.8, 4) is 0 Å². The first kappa shape index (κ1) is 13.5. The van der Waals surface area contributed by atoms with Crippen molar-refractivity contribution in [1.29, 1.82) is 0 Å². The molecule has 0 radical (unpaired) electrons. The Morgan fingerprint density at radius 2 is 2.05 bits per heavy atom. The van der Waals surface area contributed by atoms with Crippen LogP contribution in [-0.2, 0) is 16.1 Å². The van der Waals surface area contributed by atoms with Gasteiger partial charge in [-0.25, -0.2) is 4.79 Å². The van der Waals surface area contributed by atoms with E-state index in [4.69, 9.17) is 9.15 Å². The zero-order valence-corrected chi connectivity index (χ0v) is 10.4. The molecule has 0 aliphatic rings. The molecule has 2 rings (SSSR count). The zero-order chi connectivity index (χ0) is 14.4. The lowest BCUT2D eigenvalue weighted by Gasteiger charge is -1.98. The van der Waals surface area contributed by atoms with Crippen LogP contribution < -0.4 is 0 Å². The lowest BCUT2D eigenvalue weighted by molar-refractivity contribution is -0.384. The second kappa shape index (κ2) is 6.33. The number of rotatable bonds is 5. The molecule has 0 fully saturated rings. The second-order valence-corrected chi connectivity index (χ2v) is 3.87. The highest BCUT2D eigenvalue weighted by Gasteiger charge is 2.03. The van der Waals surface area contributed by atoms with Crippen LogP contribution in [0.5, 0.6) is 0 Å². The van der Waals surface area contributed by atoms with E-state index in [-0.39, 0.29) is 12.3 Å². The molecule has 0 aliphatic carbocycles. The molecule has 0 atom stereocenters. The summed E-state index contributed by atoms with van der Waals surface area (Å²) in [5, 5.41) is 10.5. The number of benzene rings is 1. The van der Waals surface area contributed by atoms with Crippen LogP contribution in [0.15, 0.2) is 53.2 Å². The van der Waals surface area contributed by atoms with Crippen molar-refractivity contribution in [2.45, 2.75) is 6.61 Å². The van der Waals surface area contributed by atoms with E-state index in [0.29, 0.717) is 11.3 Å². The highest BCUT2D eigenvalue weighted by Crippen LogP contribution is 2.13. The Morgan fingerprint density at radius 1 is 1.30 bits per heavy atom. The van der Waals surface area contributed by atoms with Gasteiger partial charge in [-0.1, -0.05) is 0 Å². The zero-order valence-electron chi connectivity index (χ0n) is 10.4. The minimum Gasteiger partial charge on any atom is -0.466 e. The van der Waals surface area contributed by atoms with Crippen molar-refractivity contribution >= 4 is 17.7 Å². The largest absolute Gasteiger partial charge is 0.466 e. The Kier molecular flexibility index (Phi) is 4.28. The van der Waals surface area contributed by atoms with Gasteiger partial charge >= 0.3 is 5.97 Å². The third-order valence-corrected chi connectivity index (χ3v) is 2.45. The first-order valence-electron chi connectivity index (χ1n) is 5.77. The first-order valence-corrected chi connectivity index (χ1v) is 5.77. The Balaban J connectivity index is 1.88. The lowest BCUT2D eigenvalue weighted by atomic mass is 10.2. The Bertz CT molecular complexity index is 614. The van der Waals surface area contributed by atoms with Crippen molar-refractivity contribution in [1.82, 2.24) is 0 Å². The van der Waals surface area contributed by atoms with Crippen molar-refractivity contribution < 1.29 is 18.9 Å². The molecule has 0 aliphatic heterocycles. The molecule has 1 aromatic heterocycles. The number of non-ortho nitro benzene ring substituents is 1. The van der Waals surface area contributed by atoms with Gasteiger partial charge in [0.15, 0.2) is 0 Å². The molecule has 2 aromatic rings. The SMILES string of the molecule is O=C(/C=C/c1ccc([N+](=O)[O-])cc1)OCc1ccco1. The van der Waals surface area contributed by atoms with Gasteiger partial charge < -0.3 is 9.15 Å². The summed E-state index contributed by atoms with van der Waals surface area (Å²) in [6, 6.07) is 9.24. The van der Waals surface area contributed by atoms with E-state index >= 15 is 0 Å². The number of carbonyl (C=O) groups is 1. The molecule has 102 valence electrons. The number of esters is 1. The monoisotopic (exact) mass is 273 g/mol. The highest BCUT2D eigenvalue weighted by molar-refractivity contribution is 5.87. The Labute approximate surface area is 114 Å². The van der Waals surface area contributed by atoms with Gasteiger partial charge in [-0.2, -0.15) is 0 Å². The quantitative estimate of drug-likeness (QED) is 0.362. The van der Waals surface area contributed by atoms with Gasteiger partial charge in [0.25, 0.3) is 5.69 Å². The summed E-state index contributed by atoms with van der Waals surface area (Å²) in [4.78, 5) is 21.4. The fourth-order valence-corrected chi connectivity index (χ4v) is 1.46. The van der Waals surface area contributed by atoms with Crippen LogP contribution in [0.25, 0.3) is 6.08 Å². The van der Waals surface area contributed by atoms with E-state index in [1.165, 1.54) is 30.5 Å². The van der Waals surface area contributed by atoms with Gasteiger partial charge in [0.05, 0.1) is 11.2 Å².